The number of fused-ring (bicyclic) bond motifs is 3. The number of nitrogens with one attached hydrogen (secondary N) is 1. The van der Waals surface area contributed by atoms with E-state index in [0.717, 1.165) is 101 Å². The van der Waals surface area contributed by atoms with Crippen molar-refractivity contribution in [1.82, 2.24) is 25.1 Å². The van der Waals surface area contributed by atoms with E-state index >= 15 is 0 Å². The first-order chi connectivity index (χ1) is 20.5. The van der Waals surface area contributed by atoms with Crippen LogP contribution in [0.2, 0.25) is 0 Å². The van der Waals surface area contributed by atoms with E-state index in [1.807, 2.05) is 30.6 Å². The minimum Gasteiger partial charge on any atom is -0.507 e. The van der Waals surface area contributed by atoms with E-state index in [2.05, 4.69) is 35.1 Å². The van der Waals surface area contributed by atoms with Gasteiger partial charge in [0.1, 0.15) is 5.75 Å². The van der Waals surface area contributed by atoms with Crippen LogP contribution in [-0.2, 0) is 4.79 Å². The van der Waals surface area contributed by atoms with Crippen LogP contribution < -0.4 is 20.0 Å². The average molecular weight is 572 g/mol. The van der Waals surface area contributed by atoms with Gasteiger partial charge in [0.2, 0.25) is 5.95 Å². The largest absolute Gasteiger partial charge is 0.507 e. The third-order valence-electron chi connectivity index (χ3n) is 9.40. The Kier molecular flexibility index (Phi) is 7.14. The number of hydrogen-bond donors (Lipinski definition) is 3. The zero-order valence-electron chi connectivity index (χ0n) is 23.6. The van der Waals surface area contributed by atoms with Crippen molar-refractivity contribution in [3.63, 3.8) is 0 Å². The molecule has 0 radical (unpaired) electrons. The van der Waals surface area contributed by atoms with Gasteiger partial charge >= 0.3 is 5.97 Å². The maximum absolute atomic E-state index is 11.3. The molecule has 0 unspecified atom stereocenters. The summed E-state index contributed by atoms with van der Waals surface area (Å²) in [6.45, 7) is 6.99. The standard InChI is InChI=1S/C30H37N9O3/c40-27-4-2-1-3-24(27)25-15-26-28(35-34-25)31-18-23-19-38(13-14-39(23)26)30-32-16-22(17-33-30)37-11-9-36(10-12-37)21-7-5-20(6-8-21)29(41)42/h1-4,15-17,20-21,23,40H,5-14,18-19H2,(H,31,35)(H,41,42)/t20?,21?,23-/m0/s1. The summed E-state index contributed by atoms with van der Waals surface area (Å²) in [4.78, 5) is 30.3. The summed E-state index contributed by atoms with van der Waals surface area (Å²) in [5.74, 6) is 0.912. The molecule has 0 bridgehead atoms. The number of anilines is 4. The predicted octanol–water partition coefficient (Wildman–Crippen LogP) is 2.53. The highest BCUT2D eigenvalue weighted by molar-refractivity contribution is 5.76. The number of phenolic OH excluding ortho intramolecular Hbond substituents is 1. The number of aromatic hydroxyl groups is 1. The molecule has 0 spiro atoms. The quantitative estimate of drug-likeness (QED) is 0.415. The summed E-state index contributed by atoms with van der Waals surface area (Å²) in [5.41, 5.74) is 3.38. The third-order valence-corrected chi connectivity index (χ3v) is 9.40. The summed E-state index contributed by atoms with van der Waals surface area (Å²) < 4.78 is 0. The smallest absolute Gasteiger partial charge is 0.306 e. The fraction of sp³-hybridized carbons (Fsp3) is 0.500. The maximum atomic E-state index is 11.3. The van der Waals surface area contributed by atoms with Gasteiger partial charge in [-0.1, -0.05) is 12.1 Å². The van der Waals surface area contributed by atoms with E-state index < -0.39 is 5.97 Å². The van der Waals surface area contributed by atoms with Gasteiger partial charge in [0.15, 0.2) is 5.82 Å². The molecule has 4 aliphatic rings. The van der Waals surface area contributed by atoms with Gasteiger partial charge in [-0.15, -0.1) is 10.2 Å². The minimum absolute atomic E-state index is 0.163. The van der Waals surface area contributed by atoms with E-state index in [0.29, 0.717) is 17.3 Å². The molecule has 5 heterocycles. The highest BCUT2D eigenvalue weighted by Crippen LogP contribution is 2.36. The molecule has 1 atom stereocenters. The van der Waals surface area contributed by atoms with Crippen LogP contribution in [0.5, 0.6) is 5.75 Å². The fourth-order valence-electron chi connectivity index (χ4n) is 6.97. The van der Waals surface area contributed by atoms with Crippen molar-refractivity contribution < 1.29 is 15.0 Å². The molecule has 1 aliphatic carbocycles. The van der Waals surface area contributed by atoms with Gasteiger partial charge in [-0.2, -0.15) is 0 Å². The number of nitrogens with zero attached hydrogens (tertiary/aromatic N) is 8. The topological polar surface area (TPSA) is 134 Å². The van der Waals surface area contributed by atoms with E-state index in [1.165, 1.54) is 0 Å². The second-order valence-corrected chi connectivity index (χ2v) is 11.8. The third kappa shape index (κ3) is 5.15. The maximum Gasteiger partial charge on any atom is 0.306 e. The van der Waals surface area contributed by atoms with E-state index in [1.54, 1.807) is 12.1 Å². The van der Waals surface area contributed by atoms with Gasteiger partial charge in [-0.05, 0) is 43.9 Å². The first-order valence-electron chi connectivity index (χ1n) is 15.0. The Morgan fingerprint density at radius 1 is 0.881 bits per heavy atom. The average Bonchev–Trinajstić information content (AvgIpc) is 3.04. The molecule has 0 amide bonds. The number of para-hydroxylation sites is 1. The number of rotatable bonds is 5. The van der Waals surface area contributed by atoms with E-state index in [-0.39, 0.29) is 17.7 Å². The minimum atomic E-state index is -0.640. The number of phenols is 1. The first kappa shape index (κ1) is 26.7. The number of aromatic nitrogens is 4. The summed E-state index contributed by atoms with van der Waals surface area (Å²) in [6.07, 6.45) is 7.45. The van der Waals surface area contributed by atoms with Crippen molar-refractivity contribution in [2.75, 3.05) is 72.4 Å². The highest BCUT2D eigenvalue weighted by atomic mass is 16.4. The Labute approximate surface area is 245 Å². The molecule has 220 valence electrons. The van der Waals surface area contributed by atoms with E-state index in [4.69, 9.17) is 9.97 Å². The SMILES string of the molecule is O=C(O)C1CCC(N2CCN(c3cnc(N4CCN5c6cc(-c7ccccc7O)nnc6NC[C@H]5C4)nc3)CC2)CC1. The first-order valence-corrected chi connectivity index (χ1v) is 15.0. The van der Waals surface area contributed by atoms with Gasteiger partial charge in [0.25, 0.3) is 0 Å². The Hall–Kier alpha value is -4.19. The van der Waals surface area contributed by atoms with E-state index in [9.17, 15) is 15.0 Å². The number of benzene rings is 1. The molecule has 3 N–H and O–H groups in total. The lowest BCUT2D eigenvalue weighted by atomic mass is 9.85. The Balaban J connectivity index is 0.959. The molecule has 3 fully saturated rings. The lowest BCUT2D eigenvalue weighted by Crippen LogP contribution is -2.58. The molecule has 12 nitrogen and oxygen atoms in total. The van der Waals surface area contributed by atoms with Crippen molar-refractivity contribution in [3.05, 3.63) is 42.7 Å². The van der Waals surface area contributed by atoms with Crippen molar-refractivity contribution in [1.29, 1.82) is 0 Å². The van der Waals surface area contributed by atoms with Crippen LogP contribution in [0.3, 0.4) is 0 Å². The van der Waals surface area contributed by atoms with Gasteiger partial charge in [0, 0.05) is 64.0 Å². The number of carboxylic acid groups (broad SMARTS) is 1. The van der Waals surface area contributed by atoms with Gasteiger partial charge < -0.3 is 30.2 Å². The molecule has 3 aliphatic heterocycles. The van der Waals surface area contributed by atoms with Crippen molar-refractivity contribution in [2.24, 2.45) is 5.92 Å². The molecule has 7 rings (SSSR count). The van der Waals surface area contributed by atoms with Crippen molar-refractivity contribution in [2.45, 2.75) is 37.8 Å². The summed E-state index contributed by atoms with van der Waals surface area (Å²) >= 11 is 0. The van der Waals surface area contributed by atoms with Gasteiger partial charge in [0.05, 0.1) is 41.4 Å². The number of piperazine rings is 2. The van der Waals surface area contributed by atoms with Crippen molar-refractivity contribution in [3.8, 4) is 17.0 Å². The summed E-state index contributed by atoms with van der Waals surface area (Å²) in [7, 11) is 0. The summed E-state index contributed by atoms with van der Waals surface area (Å²) in [6, 6.07) is 9.95. The Bertz CT molecular complexity index is 1420. The molecule has 12 heteroatoms. The van der Waals surface area contributed by atoms with Gasteiger partial charge in [-0.25, -0.2) is 9.97 Å². The molecular formula is C30H37N9O3. The lowest BCUT2D eigenvalue weighted by molar-refractivity contribution is -0.143. The molecule has 1 aromatic carbocycles. The van der Waals surface area contributed by atoms with Crippen molar-refractivity contribution >= 4 is 29.1 Å². The number of carboxylic acids is 1. The molecule has 2 aromatic heterocycles. The normalized spacial score (nSPS) is 24.5. The van der Waals surface area contributed by atoms with Crippen LogP contribution in [0.25, 0.3) is 11.3 Å². The summed E-state index contributed by atoms with van der Waals surface area (Å²) in [5, 5.41) is 31.8. The van der Waals surface area contributed by atoms with Crippen LogP contribution in [0, 0.1) is 5.92 Å². The molecule has 2 saturated heterocycles. The van der Waals surface area contributed by atoms with Crippen LogP contribution in [0.4, 0.5) is 23.1 Å². The number of aliphatic carboxylic acids is 1. The molecular weight excluding hydrogens is 534 g/mol. The fourth-order valence-corrected chi connectivity index (χ4v) is 6.97. The zero-order chi connectivity index (χ0) is 28.6. The monoisotopic (exact) mass is 571 g/mol. The number of hydrogen-bond acceptors (Lipinski definition) is 11. The van der Waals surface area contributed by atoms with Gasteiger partial charge in [-0.3, -0.25) is 9.69 Å². The molecule has 1 saturated carbocycles. The lowest BCUT2D eigenvalue weighted by Gasteiger charge is -2.45. The zero-order valence-corrected chi connectivity index (χ0v) is 23.6. The van der Waals surface area contributed by atoms with Crippen LogP contribution >= 0.6 is 0 Å². The number of carbonyl (C=O) groups is 1. The second kappa shape index (κ2) is 11.2. The Morgan fingerprint density at radius 2 is 1.62 bits per heavy atom. The van der Waals surface area contributed by atoms with Crippen LogP contribution in [0.1, 0.15) is 25.7 Å². The predicted molar refractivity (Wildman–Crippen MR) is 160 cm³/mol. The Morgan fingerprint density at radius 3 is 2.36 bits per heavy atom. The highest BCUT2D eigenvalue weighted by Gasteiger charge is 2.34. The van der Waals surface area contributed by atoms with Crippen LogP contribution in [0.15, 0.2) is 42.7 Å². The molecule has 42 heavy (non-hydrogen) atoms. The van der Waals surface area contributed by atoms with Crippen LogP contribution in [-0.4, -0.2) is 106 Å². The second-order valence-electron chi connectivity index (χ2n) is 11.8. The molecule has 3 aromatic rings.